The van der Waals surface area contributed by atoms with Gasteiger partial charge in [0.2, 0.25) is 0 Å². The Kier molecular flexibility index (Phi) is 5.05. The first-order chi connectivity index (χ1) is 7.50. The molecule has 0 N–H and O–H groups in total. The van der Waals surface area contributed by atoms with E-state index in [1.807, 2.05) is 0 Å². The number of benzene rings is 1. The molecular weight excluding hydrogens is 317 g/mol. The maximum absolute atomic E-state index is 11.7. The van der Waals surface area contributed by atoms with Crippen molar-refractivity contribution in [1.82, 2.24) is 4.90 Å². The van der Waals surface area contributed by atoms with Crippen molar-refractivity contribution in [1.29, 1.82) is 0 Å². The summed E-state index contributed by atoms with van der Waals surface area (Å²) < 4.78 is 0.655. The zero-order valence-electron chi connectivity index (χ0n) is 8.90. The Morgan fingerprint density at radius 3 is 2.41 bits per heavy atom. The van der Waals surface area contributed by atoms with Gasteiger partial charge in [-0.1, -0.05) is 15.9 Å². The van der Waals surface area contributed by atoms with Crippen molar-refractivity contribution in [3.05, 3.63) is 33.8 Å². The fraction of sp³-hybridized carbons (Fsp3) is 0.100. The molecule has 0 spiro atoms. The summed E-state index contributed by atoms with van der Waals surface area (Å²) in [6, 6.07) is 4.59. The predicted octanol–water partition coefficient (Wildman–Crippen LogP) is -3.20. The van der Waals surface area contributed by atoms with Gasteiger partial charge >= 0.3 is 51.4 Å². The summed E-state index contributed by atoms with van der Waals surface area (Å²) in [5, 5.41) is 10.4. The zero-order valence-corrected chi connectivity index (χ0v) is 13.6. The number of carbonyl (C=O) groups excluding carboxylic acids is 3. The monoisotopic (exact) mass is 321 g/mol. The molecule has 0 saturated heterocycles. The SMILES string of the molecule is O=C([O-])CN1C(=O)c2ccc(Br)cc2C1=O.[K+]. The van der Waals surface area contributed by atoms with Crippen LogP contribution in [0.4, 0.5) is 0 Å². The molecule has 1 aromatic rings. The summed E-state index contributed by atoms with van der Waals surface area (Å²) in [6.45, 7) is -0.718. The molecule has 0 bridgehead atoms. The van der Waals surface area contributed by atoms with Crippen LogP contribution >= 0.6 is 15.9 Å². The van der Waals surface area contributed by atoms with Crippen LogP contribution in [0.2, 0.25) is 0 Å². The summed E-state index contributed by atoms with van der Waals surface area (Å²) in [7, 11) is 0. The average molecular weight is 322 g/mol. The smallest absolute Gasteiger partial charge is 0.548 e. The largest absolute Gasteiger partial charge is 1.00 e. The van der Waals surface area contributed by atoms with Gasteiger partial charge in [-0.2, -0.15) is 0 Å². The minimum absolute atomic E-state index is 0. The molecule has 82 valence electrons. The number of carbonyl (C=O) groups is 3. The fourth-order valence-corrected chi connectivity index (χ4v) is 1.90. The van der Waals surface area contributed by atoms with Gasteiger partial charge in [0.25, 0.3) is 11.8 Å². The van der Waals surface area contributed by atoms with E-state index in [1.165, 1.54) is 12.1 Å². The first-order valence-corrected chi connectivity index (χ1v) is 5.15. The number of carboxylic acid groups (broad SMARTS) is 1. The molecule has 5 nitrogen and oxygen atoms in total. The van der Waals surface area contributed by atoms with E-state index in [4.69, 9.17) is 0 Å². The van der Waals surface area contributed by atoms with Crippen LogP contribution < -0.4 is 56.5 Å². The van der Waals surface area contributed by atoms with E-state index in [0.29, 0.717) is 9.37 Å². The number of nitrogens with zero attached hydrogens (tertiary/aromatic N) is 1. The summed E-state index contributed by atoms with van der Waals surface area (Å²) in [5.41, 5.74) is 0.426. The van der Waals surface area contributed by atoms with Gasteiger partial charge in [-0.05, 0) is 18.2 Å². The summed E-state index contributed by atoms with van der Waals surface area (Å²) >= 11 is 3.17. The van der Waals surface area contributed by atoms with Crippen LogP contribution in [0.25, 0.3) is 0 Å². The van der Waals surface area contributed by atoms with Crippen LogP contribution in [0.3, 0.4) is 0 Å². The second-order valence-corrected chi connectivity index (χ2v) is 4.17. The number of halogens is 1. The van der Waals surface area contributed by atoms with Gasteiger partial charge in [0, 0.05) is 4.47 Å². The molecule has 0 fully saturated rings. The van der Waals surface area contributed by atoms with Crippen molar-refractivity contribution in [2.24, 2.45) is 0 Å². The minimum atomic E-state index is -1.46. The van der Waals surface area contributed by atoms with E-state index in [2.05, 4.69) is 15.9 Å². The van der Waals surface area contributed by atoms with E-state index in [1.54, 1.807) is 6.07 Å². The molecule has 1 heterocycles. The molecule has 1 aromatic carbocycles. The van der Waals surface area contributed by atoms with Gasteiger partial charge in [0.1, 0.15) is 0 Å². The molecule has 1 aliphatic rings. The summed E-state index contributed by atoms with van der Waals surface area (Å²) in [5.74, 6) is -2.67. The second kappa shape index (κ2) is 5.72. The molecule has 0 aromatic heterocycles. The number of fused-ring (bicyclic) bond motifs is 1. The van der Waals surface area contributed by atoms with Crippen molar-refractivity contribution < 1.29 is 70.9 Å². The van der Waals surface area contributed by atoms with Crippen molar-refractivity contribution in [3.63, 3.8) is 0 Å². The standard InChI is InChI=1S/C10H6BrNO4.K/c11-5-1-2-6-7(3-5)10(16)12(9(6)15)4-8(13)14;/h1-3H,4H2,(H,13,14);/q;+1/p-1. The molecule has 1 aliphatic heterocycles. The molecule has 2 rings (SSSR count). The molecular formula is C10H5BrKNO4. The summed E-state index contributed by atoms with van der Waals surface area (Å²) in [6.07, 6.45) is 0. The number of rotatable bonds is 2. The van der Waals surface area contributed by atoms with Crippen molar-refractivity contribution in [2.45, 2.75) is 0 Å². The first kappa shape index (κ1) is 15.0. The average Bonchev–Trinajstić information content (AvgIpc) is 2.43. The van der Waals surface area contributed by atoms with Crippen LogP contribution in [-0.4, -0.2) is 29.2 Å². The predicted molar refractivity (Wildman–Crippen MR) is 54.5 cm³/mol. The maximum atomic E-state index is 11.7. The van der Waals surface area contributed by atoms with Crippen molar-refractivity contribution >= 4 is 33.7 Å². The minimum Gasteiger partial charge on any atom is -0.548 e. The normalized spacial score (nSPS) is 13.4. The van der Waals surface area contributed by atoms with Crippen LogP contribution in [-0.2, 0) is 4.79 Å². The molecule has 0 unspecified atom stereocenters. The van der Waals surface area contributed by atoms with Crippen molar-refractivity contribution in [3.8, 4) is 0 Å². The Bertz CT molecular complexity index is 517. The molecule has 2 amide bonds. The number of carboxylic acids is 1. The van der Waals surface area contributed by atoms with E-state index in [-0.39, 0.29) is 62.5 Å². The fourth-order valence-electron chi connectivity index (χ4n) is 1.54. The molecule has 7 heteroatoms. The van der Waals surface area contributed by atoms with Gasteiger partial charge < -0.3 is 9.90 Å². The van der Waals surface area contributed by atoms with Gasteiger partial charge in [0.15, 0.2) is 0 Å². The summed E-state index contributed by atoms with van der Waals surface area (Å²) in [4.78, 5) is 34.4. The molecule has 0 aliphatic carbocycles. The van der Waals surface area contributed by atoms with Gasteiger partial charge in [-0.25, -0.2) is 0 Å². The Morgan fingerprint density at radius 1 is 1.24 bits per heavy atom. The Morgan fingerprint density at radius 2 is 1.82 bits per heavy atom. The van der Waals surface area contributed by atoms with Crippen LogP contribution in [0.15, 0.2) is 22.7 Å². The quantitative estimate of drug-likeness (QED) is 0.424. The molecule has 0 atom stereocenters. The topological polar surface area (TPSA) is 77.5 Å². The number of imide groups is 1. The number of aliphatic carboxylic acids is 1. The zero-order chi connectivity index (χ0) is 11.9. The number of hydrogen-bond acceptors (Lipinski definition) is 4. The Balaban J connectivity index is 0.00000144. The molecule has 0 saturated carbocycles. The van der Waals surface area contributed by atoms with Crippen LogP contribution in [0.1, 0.15) is 20.7 Å². The van der Waals surface area contributed by atoms with E-state index in [9.17, 15) is 19.5 Å². The molecule has 0 radical (unpaired) electrons. The van der Waals surface area contributed by atoms with Gasteiger partial charge in [-0.15, -0.1) is 0 Å². The van der Waals surface area contributed by atoms with Crippen LogP contribution in [0.5, 0.6) is 0 Å². The third-order valence-electron chi connectivity index (χ3n) is 2.22. The van der Waals surface area contributed by atoms with E-state index >= 15 is 0 Å². The van der Waals surface area contributed by atoms with Crippen molar-refractivity contribution in [2.75, 3.05) is 6.54 Å². The molecule has 17 heavy (non-hydrogen) atoms. The Labute approximate surface area is 148 Å². The van der Waals surface area contributed by atoms with Crippen LogP contribution in [0, 0.1) is 0 Å². The Hall–Kier alpha value is -0.0536. The van der Waals surface area contributed by atoms with E-state index in [0.717, 1.165) is 0 Å². The third kappa shape index (κ3) is 2.86. The first-order valence-electron chi connectivity index (χ1n) is 4.36. The maximum Gasteiger partial charge on any atom is 1.00 e. The second-order valence-electron chi connectivity index (χ2n) is 3.26. The number of amides is 2. The number of hydrogen-bond donors (Lipinski definition) is 0. The third-order valence-corrected chi connectivity index (χ3v) is 2.71. The van der Waals surface area contributed by atoms with Gasteiger partial charge in [0.05, 0.1) is 23.6 Å². The van der Waals surface area contributed by atoms with E-state index < -0.39 is 24.3 Å². The van der Waals surface area contributed by atoms with Gasteiger partial charge in [-0.3, -0.25) is 14.5 Å².